The lowest BCUT2D eigenvalue weighted by Gasteiger charge is -2.26. The van der Waals surface area contributed by atoms with Gasteiger partial charge in [-0.25, -0.2) is 4.39 Å². The summed E-state index contributed by atoms with van der Waals surface area (Å²) in [7, 11) is 0. The van der Waals surface area contributed by atoms with Crippen molar-refractivity contribution in [3.63, 3.8) is 0 Å². The first-order valence-corrected chi connectivity index (χ1v) is 9.72. The molecule has 0 aliphatic carbocycles. The molecule has 3 N–H and O–H groups in total. The lowest BCUT2D eigenvalue weighted by Crippen LogP contribution is -2.47. The van der Waals surface area contributed by atoms with Gasteiger partial charge in [-0.05, 0) is 55.4 Å². The molecule has 0 saturated heterocycles. The van der Waals surface area contributed by atoms with Gasteiger partial charge in [-0.1, -0.05) is 19.1 Å². The number of benzene rings is 2. The Morgan fingerprint density at radius 3 is 2.07 bits per heavy atom. The zero-order chi connectivity index (χ0) is 22.1. The lowest BCUT2D eigenvalue weighted by atomic mass is 10.2. The molecule has 2 rings (SSSR count). The number of carbonyl (C=O) groups is 3. The fourth-order valence-electron chi connectivity index (χ4n) is 2.85. The minimum atomic E-state index is -0.511. The highest BCUT2D eigenvalue weighted by Gasteiger charge is 2.22. The maximum atomic E-state index is 13.0. The third kappa shape index (κ3) is 7.29. The standard InChI is InChI=1S/C22H27FN4O3/c1-4-27(15(2)22(30)24-13-17-5-7-18(23)8-6-17)14-21(29)26-20-11-9-19(10-12-20)25-16(3)28/h5-12,15H,4,13-14H2,1-3H3,(H,24,30)(H,25,28)(H,26,29). The van der Waals surface area contributed by atoms with E-state index >= 15 is 0 Å². The Balaban J connectivity index is 1.86. The average Bonchev–Trinajstić information content (AvgIpc) is 2.72. The molecule has 0 bridgehead atoms. The van der Waals surface area contributed by atoms with E-state index in [4.69, 9.17) is 0 Å². The average molecular weight is 414 g/mol. The second-order valence-corrected chi connectivity index (χ2v) is 6.89. The van der Waals surface area contributed by atoms with Gasteiger partial charge in [0.15, 0.2) is 0 Å². The summed E-state index contributed by atoms with van der Waals surface area (Å²) >= 11 is 0. The van der Waals surface area contributed by atoms with Crippen LogP contribution in [-0.2, 0) is 20.9 Å². The van der Waals surface area contributed by atoms with E-state index in [0.29, 0.717) is 17.9 Å². The molecule has 0 aliphatic rings. The molecule has 2 aromatic rings. The lowest BCUT2D eigenvalue weighted by molar-refractivity contribution is -0.127. The van der Waals surface area contributed by atoms with E-state index in [1.54, 1.807) is 48.2 Å². The number of nitrogens with zero attached hydrogens (tertiary/aromatic N) is 1. The molecular formula is C22H27FN4O3. The molecular weight excluding hydrogens is 387 g/mol. The summed E-state index contributed by atoms with van der Waals surface area (Å²) in [4.78, 5) is 37.7. The van der Waals surface area contributed by atoms with Crippen molar-refractivity contribution in [1.82, 2.24) is 10.2 Å². The van der Waals surface area contributed by atoms with Gasteiger partial charge in [0.2, 0.25) is 17.7 Å². The number of carbonyl (C=O) groups excluding carboxylic acids is 3. The van der Waals surface area contributed by atoms with E-state index in [0.717, 1.165) is 5.56 Å². The molecule has 1 unspecified atom stereocenters. The van der Waals surface area contributed by atoms with Gasteiger partial charge in [-0.3, -0.25) is 19.3 Å². The molecule has 0 heterocycles. The minimum absolute atomic E-state index is 0.0507. The number of halogens is 1. The third-order valence-corrected chi connectivity index (χ3v) is 4.55. The zero-order valence-corrected chi connectivity index (χ0v) is 17.4. The Labute approximate surface area is 175 Å². The first-order chi connectivity index (χ1) is 14.3. The SMILES string of the molecule is CCN(CC(=O)Nc1ccc(NC(C)=O)cc1)C(C)C(=O)NCc1ccc(F)cc1. The van der Waals surface area contributed by atoms with Crippen LogP contribution < -0.4 is 16.0 Å². The molecule has 0 saturated carbocycles. The Morgan fingerprint density at radius 1 is 0.967 bits per heavy atom. The molecule has 3 amide bonds. The molecule has 0 aliphatic heterocycles. The van der Waals surface area contributed by atoms with Crippen LogP contribution in [0.2, 0.25) is 0 Å². The quantitative estimate of drug-likeness (QED) is 0.589. The van der Waals surface area contributed by atoms with Crippen molar-refractivity contribution in [2.75, 3.05) is 23.7 Å². The number of rotatable bonds is 9. The summed E-state index contributed by atoms with van der Waals surface area (Å²) in [5, 5.41) is 8.25. The topological polar surface area (TPSA) is 90.5 Å². The van der Waals surface area contributed by atoms with Gasteiger partial charge in [-0.15, -0.1) is 0 Å². The van der Waals surface area contributed by atoms with Crippen LogP contribution in [0.15, 0.2) is 48.5 Å². The Kier molecular flexibility index (Phi) is 8.49. The normalized spacial score (nSPS) is 11.6. The van der Waals surface area contributed by atoms with Gasteiger partial charge in [0, 0.05) is 24.8 Å². The van der Waals surface area contributed by atoms with Crippen LogP contribution in [0.4, 0.5) is 15.8 Å². The van der Waals surface area contributed by atoms with Gasteiger partial charge in [0.1, 0.15) is 5.82 Å². The van der Waals surface area contributed by atoms with Crippen molar-refractivity contribution in [3.8, 4) is 0 Å². The maximum absolute atomic E-state index is 13.0. The summed E-state index contributed by atoms with van der Waals surface area (Å²) < 4.78 is 13.0. The smallest absolute Gasteiger partial charge is 0.238 e. The predicted molar refractivity (Wildman–Crippen MR) is 114 cm³/mol. The number of likely N-dealkylation sites (N-methyl/N-ethyl adjacent to an activating group) is 1. The van der Waals surface area contributed by atoms with Crippen molar-refractivity contribution >= 4 is 29.1 Å². The maximum Gasteiger partial charge on any atom is 0.238 e. The molecule has 0 radical (unpaired) electrons. The summed E-state index contributed by atoms with van der Waals surface area (Å²) in [5.74, 6) is -0.959. The largest absolute Gasteiger partial charge is 0.351 e. The fourth-order valence-corrected chi connectivity index (χ4v) is 2.85. The van der Waals surface area contributed by atoms with Crippen molar-refractivity contribution in [2.24, 2.45) is 0 Å². The number of nitrogens with one attached hydrogen (secondary N) is 3. The van der Waals surface area contributed by atoms with E-state index < -0.39 is 6.04 Å². The Bertz CT molecular complexity index is 869. The summed E-state index contributed by atoms with van der Waals surface area (Å²) in [5.41, 5.74) is 2.03. The van der Waals surface area contributed by atoms with Crippen LogP contribution in [0, 0.1) is 5.82 Å². The predicted octanol–water partition coefficient (Wildman–Crippen LogP) is 2.75. The van der Waals surface area contributed by atoms with Crippen molar-refractivity contribution < 1.29 is 18.8 Å². The number of amides is 3. The second-order valence-electron chi connectivity index (χ2n) is 6.89. The monoisotopic (exact) mass is 414 g/mol. The third-order valence-electron chi connectivity index (χ3n) is 4.55. The van der Waals surface area contributed by atoms with Crippen LogP contribution in [-0.4, -0.2) is 41.8 Å². The first-order valence-electron chi connectivity index (χ1n) is 9.72. The molecule has 0 fully saturated rings. The van der Waals surface area contributed by atoms with Crippen molar-refractivity contribution in [2.45, 2.75) is 33.4 Å². The van der Waals surface area contributed by atoms with Gasteiger partial charge in [-0.2, -0.15) is 0 Å². The molecule has 30 heavy (non-hydrogen) atoms. The van der Waals surface area contributed by atoms with E-state index in [9.17, 15) is 18.8 Å². The molecule has 0 aromatic heterocycles. The summed E-state index contributed by atoms with van der Waals surface area (Å²) in [6, 6.07) is 12.2. The number of hydrogen-bond acceptors (Lipinski definition) is 4. The molecule has 7 nitrogen and oxygen atoms in total. The highest BCUT2D eigenvalue weighted by atomic mass is 19.1. The van der Waals surface area contributed by atoms with Gasteiger partial charge >= 0.3 is 0 Å². The van der Waals surface area contributed by atoms with Crippen LogP contribution in [0.25, 0.3) is 0 Å². The van der Waals surface area contributed by atoms with E-state index in [-0.39, 0.29) is 36.6 Å². The van der Waals surface area contributed by atoms with Gasteiger partial charge in [0.05, 0.1) is 12.6 Å². The molecule has 1 atom stereocenters. The molecule has 160 valence electrons. The zero-order valence-electron chi connectivity index (χ0n) is 17.4. The van der Waals surface area contributed by atoms with Crippen LogP contribution >= 0.6 is 0 Å². The van der Waals surface area contributed by atoms with Crippen LogP contribution in [0.1, 0.15) is 26.3 Å². The molecule has 8 heteroatoms. The molecule has 2 aromatic carbocycles. The van der Waals surface area contributed by atoms with Crippen LogP contribution in [0.5, 0.6) is 0 Å². The Hall–Kier alpha value is -3.26. The van der Waals surface area contributed by atoms with Gasteiger partial charge in [0.25, 0.3) is 0 Å². The van der Waals surface area contributed by atoms with Crippen molar-refractivity contribution in [3.05, 3.63) is 59.9 Å². The number of anilines is 2. The van der Waals surface area contributed by atoms with E-state index in [1.165, 1.54) is 19.1 Å². The first kappa shape index (κ1) is 23.0. The van der Waals surface area contributed by atoms with Crippen LogP contribution in [0.3, 0.4) is 0 Å². The fraction of sp³-hybridized carbons (Fsp3) is 0.318. The van der Waals surface area contributed by atoms with E-state index in [2.05, 4.69) is 16.0 Å². The Morgan fingerprint density at radius 2 is 1.53 bits per heavy atom. The minimum Gasteiger partial charge on any atom is -0.351 e. The number of hydrogen-bond donors (Lipinski definition) is 3. The summed E-state index contributed by atoms with van der Waals surface area (Å²) in [6.07, 6.45) is 0. The highest BCUT2D eigenvalue weighted by molar-refractivity contribution is 5.93. The summed E-state index contributed by atoms with van der Waals surface area (Å²) in [6.45, 7) is 5.88. The van der Waals surface area contributed by atoms with Crippen molar-refractivity contribution in [1.29, 1.82) is 0 Å². The second kappa shape index (κ2) is 11.1. The van der Waals surface area contributed by atoms with E-state index in [1.807, 2.05) is 6.92 Å². The molecule has 0 spiro atoms. The van der Waals surface area contributed by atoms with Gasteiger partial charge < -0.3 is 16.0 Å². The highest BCUT2D eigenvalue weighted by Crippen LogP contribution is 2.13.